The second-order valence-electron chi connectivity index (χ2n) is 5.56. The number of thiocarbonyl (C=S) groups is 1. The molecule has 2 rings (SSSR count). The molecule has 10 heteroatoms. The van der Waals surface area contributed by atoms with Crippen LogP contribution in [0.5, 0.6) is 11.5 Å². The van der Waals surface area contributed by atoms with Crippen LogP contribution in [-0.2, 0) is 9.53 Å². The molecule has 154 valence electrons. The largest absolute Gasteiger partial charge is 0.491 e. The zero-order valence-electron chi connectivity index (χ0n) is 15.6. The molecule has 0 radical (unpaired) electrons. The molecule has 2 amide bonds. The van der Waals surface area contributed by atoms with Crippen LogP contribution in [0, 0.1) is 0 Å². The van der Waals surface area contributed by atoms with Gasteiger partial charge >= 0.3 is 0 Å². The van der Waals surface area contributed by atoms with Gasteiger partial charge in [0.05, 0.1) is 6.61 Å². The van der Waals surface area contributed by atoms with E-state index in [2.05, 4.69) is 32.1 Å². The number of hydrazine groups is 1. The van der Waals surface area contributed by atoms with Crippen molar-refractivity contribution >= 4 is 45.1 Å². The van der Waals surface area contributed by atoms with Crippen molar-refractivity contribution in [3.8, 4) is 11.5 Å². The molecule has 0 heterocycles. The molecule has 2 aromatic carbocycles. The SMILES string of the molecule is COCCOc1ccc(C(=O)NC(=S)NNC(=O)COc2ccc(Br)cc2)cc1. The molecule has 2 aromatic rings. The van der Waals surface area contributed by atoms with E-state index < -0.39 is 11.8 Å². The summed E-state index contributed by atoms with van der Waals surface area (Å²) in [6.45, 7) is 0.680. The molecule has 8 nitrogen and oxygen atoms in total. The van der Waals surface area contributed by atoms with Gasteiger partial charge < -0.3 is 14.2 Å². The number of halogens is 1. The second kappa shape index (κ2) is 12.0. The average molecular weight is 482 g/mol. The van der Waals surface area contributed by atoms with Crippen LogP contribution in [0.25, 0.3) is 0 Å². The Hall–Kier alpha value is -2.69. The minimum Gasteiger partial charge on any atom is -0.491 e. The maximum Gasteiger partial charge on any atom is 0.276 e. The Bertz CT molecular complexity index is 831. The number of ether oxygens (including phenoxy) is 3. The normalized spacial score (nSPS) is 10.0. The van der Waals surface area contributed by atoms with Gasteiger partial charge in [-0.2, -0.15) is 0 Å². The molecular weight excluding hydrogens is 462 g/mol. The van der Waals surface area contributed by atoms with E-state index in [9.17, 15) is 9.59 Å². The van der Waals surface area contributed by atoms with Crippen molar-refractivity contribution in [3.63, 3.8) is 0 Å². The van der Waals surface area contributed by atoms with Crippen LogP contribution in [-0.4, -0.2) is 43.9 Å². The molecule has 3 N–H and O–H groups in total. The lowest BCUT2D eigenvalue weighted by Crippen LogP contribution is -2.49. The fourth-order valence-electron chi connectivity index (χ4n) is 1.99. The van der Waals surface area contributed by atoms with Crippen molar-refractivity contribution in [3.05, 3.63) is 58.6 Å². The summed E-state index contributed by atoms with van der Waals surface area (Å²) in [4.78, 5) is 24.0. The van der Waals surface area contributed by atoms with Crippen LogP contribution in [0.1, 0.15) is 10.4 Å². The smallest absolute Gasteiger partial charge is 0.276 e. The van der Waals surface area contributed by atoms with Gasteiger partial charge in [0.25, 0.3) is 11.8 Å². The average Bonchev–Trinajstić information content (AvgIpc) is 2.72. The quantitative estimate of drug-likeness (QED) is 0.302. The third kappa shape index (κ3) is 8.46. The molecule has 0 aliphatic carbocycles. The maximum atomic E-state index is 12.2. The lowest BCUT2D eigenvalue weighted by molar-refractivity contribution is -0.123. The van der Waals surface area contributed by atoms with Crippen LogP contribution in [0.15, 0.2) is 53.0 Å². The standard InChI is InChI=1S/C19H20BrN3O5S/c1-26-10-11-27-15-6-2-13(3-7-15)18(25)21-19(29)23-22-17(24)12-28-16-8-4-14(20)5-9-16/h2-9H,10-12H2,1H3,(H,22,24)(H2,21,23,25,29). The lowest BCUT2D eigenvalue weighted by atomic mass is 10.2. The molecule has 0 spiro atoms. The van der Waals surface area contributed by atoms with Crippen LogP contribution in [0.2, 0.25) is 0 Å². The molecule has 0 fully saturated rings. The summed E-state index contributed by atoms with van der Waals surface area (Å²) in [5.41, 5.74) is 5.18. The first kappa shape index (κ1) is 22.6. The van der Waals surface area contributed by atoms with Crippen molar-refractivity contribution < 1.29 is 23.8 Å². The number of nitrogens with one attached hydrogen (secondary N) is 3. The highest BCUT2D eigenvalue weighted by Gasteiger charge is 2.09. The van der Waals surface area contributed by atoms with E-state index in [0.29, 0.717) is 30.3 Å². The zero-order chi connectivity index (χ0) is 21.1. The van der Waals surface area contributed by atoms with Crippen molar-refractivity contribution in [2.24, 2.45) is 0 Å². The molecule has 0 saturated heterocycles. The Morgan fingerprint density at radius 1 is 0.931 bits per heavy atom. The van der Waals surface area contributed by atoms with Crippen LogP contribution >= 0.6 is 28.1 Å². The third-order valence-electron chi connectivity index (χ3n) is 3.40. The minimum atomic E-state index is -0.456. The predicted molar refractivity (Wildman–Crippen MR) is 115 cm³/mol. The van der Waals surface area contributed by atoms with E-state index in [4.69, 9.17) is 26.4 Å². The van der Waals surface area contributed by atoms with E-state index in [0.717, 1.165) is 4.47 Å². The van der Waals surface area contributed by atoms with Crippen LogP contribution < -0.4 is 25.6 Å². The zero-order valence-corrected chi connectivity index (χ0v) is 18.0. The molecule has 0 unspecified atom stereocenters. The van der Waals surface area contributed by atoms with Gasteiger partial charge in [-0.15, -0.1) is 0 Å². The summed E-state index contributed by atoms with van der Waals surface area (Å²) in [5, 5.41) is 2.41. The summed E-state index contributed by atoms with van der Waals surface area (Å²) in [6.07, 6.45) is 0. The molecular formula is C19H20BrN3O5S. The van der Waals surface area contributed by atoms with E-state index >= 15 is 0 Å². The van der Waals surface area contributed by atoms with E-state index in [1.54, 1.807) is 55.6 Å². The number of carbonyl (C=O) groups is 2. The van der Waals surface area contributed by atoms with Gasteiger partial charge in [-0.05, 0) is 60.7 Å². The van der Waals surface area contributed by atoms with Crippen molar-refractivity contribution in [1.29, 1.82) is 0 Å². The van der Waals surface area contributed by atoms with Crippen molar-refractivity contribution in [1.82, 2.24) is 16.2 Å². The van der Waals surface area contributed by atoms with Gasteiger partial charge in [0, 0.05) is 17.1 Å². The summed E-state index contributed by atoms with van der Waals surface area (Å²) < 4.78 is 16.6. The highest BCUT2D eigenvalue weighted by atomic mass is 79.9. The van der Waals surface area contributed by atoms with Crippen LogP contribution in [0.4, 0.5) is 0 Å². The first-order valence-corrected chi connectivity index (χ1v) is 9.68. The first-order valence-electron chi connectivity index (χ1n) is 8.48. The number of carbonyl (C=O) groups excluding carboxylic acids is 2. The highest BCUT2D eigenvalue weighted by Crippen LogP contribution is 2.15. The fourth-order valence-corrected chi connectivity index (χ4v) is 2.40. The Balaban J connectivity index is 1.70. The fraction of sp³-hybridized carbons (Fsp3) is 0.211. The molecule has 0 saturated carbocycles. The first-order chi connectivity index (χ1) is 14.0. The molecule has 0 aliphatic heterocycles. The summed E-state index contributed by atoms with van der Waals surface area (Å²) >= 11 is 8.31. The predicted octanol–water partition coefficient (Wildman–Crippen LogP) is 2.19. The molecule has 29 heavy (non-hydrogen) atoms. The Morgan fingerprint density at radius 3 is 2.21 bits per heavy atom. The van der Waals surface area contributed by atoms with E-state index in [-0.39, 0.29) is 11.7 Å². The summed E-state index contributed by atoms with van der Waals surface area (Å²) in [7, 11) is 1.59. The topological polar surface area (TPSA) is 97.9 Å². The molecule has 0 atom stereocenters. The molecule has 0 aromatic heterocycles. The second-order valence-corrected chi connectivity index (χ2v) is 6.89. The number of hydrogen-bond donors (Lipinski definition) is 3. The summed E-state index contributed by atoms with van der Waals surface area (Å²) in [5.74, 6) is 0.291. The molecule has 0 aliphatic rings. The Morgan fingerprint density at radius 2 is 1.55 bits per heavy atom. The van der Waals surface area contributed by atoms with Gasteiger partial charge in [0.1, 0.15) is 18.1 Å². The number of benzene rings is 2. The third-order valence-corrected chi connectivity index (χ3v) is 4.13. The van der Waals surface area contributed by atoms with Gasteiger partial charge in [-0.1, -0.05) is 15.9 Å². The van der Waals surface area contributed by atoms with Gasteiger partial charge in [0.15, 0.2) is 11.7 Å². The van der Waals surface area contributed by atoms with E-state index in [1.807, 2.05) is 0 Å². The lowest BCUT2D eigenvalue weighted by Gasteiger charge is -2.12. The van der Waals surface area contributed by atoms with Gasteiger partial charge in [-0.3, -0.25) is 25.8 Å². The maximum absolute atomic E-state index is 12.2. The molecule has 0 bridgehead atoms. The van der Waals surface area contributed by atoms with Gasteiger partial charge in [0.2, 0.25) is 0 Å². The summed E-state index contributed by atoms with van der Waals surface area (Å²) in [6, 6.07) is 13.6. The minimum absolute atomic E-state index is 0.0487. The monoisotopic (exact) mass is 481 g/mol. The Labute approximate surface area is 182 Å². The number of methoxy groups -OCH3 is 1. The van der Waals surface area contributed by atoms with E-state index in [1.165, 1.54) is 0 Å². The van der Waals surface area contributed by atoms with Gasteiger partial charge in [-0.25, -0.2) is 0 Å². The number of amides is 2. The van der Waals surface area contributed by atoms with Crippen LogP contribution in [0.3, 0.4) is 0 Å². The van der Waals surface area contributed by atoms with Crippen molar-refractivity contribution in [2.45, 2.75) is 0 Å². The Kier molecular flexibility index (Phi) is 9.35. The highest BCUT2D eigenvalue weighted by molar-refractivity contribution is 9.10. The number of hydrogen-bond acceptors (Lipinski definition) is 6. The van der Waals surface area contributed by atoms with Crippen molar-refractivity contribution in [2.75, 3.05) is 26.9 Å². The number of rotatable bonds is 8.